The first kappa shape index (κ1) is 26.2. The molecule has 8 nitrogen and oxygen atoms in total. The van der Waals surface area contributed by atoms with Crippen LogP contribution in [0.2, 0.25) is 5.02 Å². The van der Waals surface area contributed by atoms with Crippen molar-refractivity contribution in [1.29, 1.82) is 0 Å². The van der Waals surface area contributed by atoms with Crippen molar-refractivity contribution >= 4 is 28.3 Å². The molecule has 0 spiro atoms. The van der Waals surface area contributed by atoms with Gasteiger partial charge in [-0.1, -0.05) is 41.9 Å². The summed E-state index contributed by atoms with van der Waals surface area (Å²) in [6.45, 7) is 1.99. The summed E-state index contributed by atoms with van der Waals surface area (Å²) >= 11 is 6.40. The first-order valence-electron chi connectivity index (χ1n) is 11.3. The van der Waals surface area contributed by atoms with Crippen LogP contribution in [-0.4, -0.2) is 34.8 Å². The molecule has 1 heterocycles. The molecule has 3 aromatic carbocycles. The number of aryl methyl sites for hydroxylation is 1. The summed E-state index contributed by atoms with van der Waals surface area (Å²) in [5.41, 5.74) is 2.21. The second kappa shape index (κ2) is 10.6. The highest BCUT2D eigenvalue weighted by molar-refractivity contribution is 6.31. The van der Waals surface area contributed by atoms with E-state index in [0.29, 0.717) is 38.9 Å². The fraction of sp³-hybridized carbons (Fsp3) is 0.231. The van der Waals surface area contributed by atoms with E-state index in [1.807, 2.05) is 6.92 Å². The number of hydrazine groups is 1. The highest BCUT2D eigenvalue weighted by atomic mass is 35.5. The predicted molar refractivity (Wildman–Crippen MR) is 140 cm³/mol. The molecule has 4 N–H and O–H groups in total. The SMILES string of the molecule is COc1ccc(CN(N)/C(=N\N)C(F)(F)c2ccc3c(C)nn(Cc4c(Cl)cccc4OC)c3c2)cc1. The Hall–Kier alpha value is -3.89. The summed E-state index contributed by atoms with van der Waals surface area (Å²) in [4.78, 5) is 0. The molecule has 1 aromatic heterocycles. The topological polar surface area (TPSA) is 104 Å². The van der Waals surface area contributed by atoms with Gasteiger partial charge in [0.1, 0.15) is 11.5 Å². The van der Waals surface area contributed by atoms with Crippen LogP contribution < -0.4 is 21.2 Å². The van der Waals surface area contributed by atoms with Crippen molar-refractivity contribution in [3.63, 3.8) is 0 Å². The van der Waals surface area contributed by atoms with E-state index in [0.717, 1.165) is 10.4 Å². The molecular formula is C26H27ClF2N6O2. The Balaban J connectivity index is 1.68. The average molecular weight is 529 g/mol. The minimum absolute atomic E-state index is 0.0405. The Morgan fingerprint density at radius 3 is 2.49 bits per heavy atom. The first-order valence-corrected chi connectivity index (χ1v) is 11.7. The summed E-state index contributed by atoms with van der Waals surface area (Å²) in [5.74, 6) is 8.28. The van der Waals surface area contributed by atoms with Crippen molar-refractivity contribution in [3.05, 3.63) is 88.1 Å². The van der Waals surface area contributed by atoms with Gasteiger partial charge in [-0.15, -0.1) is 0 Å². The highest BCUT2D eigenvalue weighted by Crippen LogP contribution is 2.35. The molecule has 0 aliphatic heterocycles. The van der Waals surface area contributed by atoms with Gasteiger partial charge in [-0.25, -0.2) is 5.84 Å². The Morgan fingerprint density at radius 1 is 1.11 bits per heavy atom. The van der Waals surface area contributed by atoms with Crippen LogP contribution in [0.25, 0.3) is 10.9 Å². The first-order chi connectivity index (χ1) is 17.7. The zero-order chi connectivity index (χ0) is 26.7. The molecule has 0 bridgehead atoms. The molecule has 0 saturated heterocycles. The van der Waals surface area contributed by atoms with E-state index in [-0.39, 0.29) is 18.7 Å². The van der Waals surface area contributed by atoms with Crippen LogP contribution in [0.15, 0.2) is 65.8 Å². The summed E-state index contributed by atoms with van der Waals surface area (Å²) in [5, 5.41) is 9.96. The van der Waals surface area contributed by atoms with Crippen molar-refractivity contribution in [2.75, 3.05) is 14.2 Å². The normalized spacial score (nSPS) is 12.1. The number of aromatic nitrogens is 2. The molecule has 4 aromatic rings. The Labute approximate surface area is 218 Å². The number of amidine groups is 1. The molecular weight excluding hydrogens is 502 g/mol. The van der Waals surface area contributed by atoms with Crippen LogP contribution in [0.5, 0.6) is 11.5 Å². The molecule has 0 radical (unpaired) electrons. The van der Waals surface area contributed by atoms with Gasteiger partial charge >= 0.3 is 5.92 Å². The van der Waals surface area contributed by atoms with Crippen molar-refractivity contribution in [2.45, 2.75) is 25.9 Å². The maximum absolute atomic E-state index is 15.7. The highest BCUT2D eigenvalue weighted by Gasteiger charge is 2.42. The van der Waals surface area contributed by atoms with E-state index >= 15 is 8.78 Å². The molecule has 0 atom stereocenters. The lowest BCUT2D eigenvalue weighted by Crippen LogP contribution is -2.46. The van der Waals surface area contributed by atoms with E-state index in [4.69, 9.17) is 32.8 Å². The zero-order valence-corrected chi connectivity index (χ0v) is 21.3. The maximum atomic E-state index is 15.7. The third-order valence-corrected chi connectivity index (χ3v) is 6.44. The van der Waals surface area contributed by atoms with Crippen LogP contribution in [0, 0.1) is 6.92 Å². The van der Waals surface area contributed by atoms with Crippen LogP contribution in [0.4, 0.5) is 8.78 Å². The molecule has 0 fully saturated rings. The molecule has 0 unspecified atom stereocenters. The van der Waals surface area contributed by atoms with Gasteiger partial charge in [0, 0.05) is 21.5 Å². The monoisotopic (exact) mass is 528 g/mol. The molecule has 194 valence electrons. The molecule has 0 aliphatic rings. The number of halogens is 3. The summed E-state index contributed by atoms with van der Waals surface area (Å²) in [7, 11) is 3.08. The van der Waals surface area contributed by atoms with Gasteiger partial charge in [0.05, 0.1) is 38.5 Å². The zero-order valence-electron chi connectivity index (χ0n) is 20.6. The Morgan fingerprint density at radius 2 is 1.84 bits per heavy atom. The number of nitrogens with two attached hydrogens (primary N) is 2. The lowest BCUT2D eigenvalue weighted by molar-refractivity contribution is 0.0584. The predicted octanol–water partition coefficient (Wildman–Crippen LogP) is 4.80. The second-order valence-corrected chi connectivity index (χ2v) is 8.81. The summed E-state index contributed by atoms with van der Waals surface area (Å²) in [6, 6.07) is 16.4. The van der Waals surface area contributed by atoms with E-state index in [2.05, 4.69) is 10.2 Å². The number of benzene rings is 3. The van der Waals surface area contributed by atoms with Crippen molar-refractivity contribution < 1.29 is 18.3 Å². The van der Waals surface area contributed by atoms with Gasteiger partial charge < -0.3 is 15.3 Å². The number of hydrazone groups is 1. The smallest absolute Gasteiger partial charge is 0.332 e. The van der Waals surface area contributed by atoms with E-state index < -0.39 is 11.8 Å². The standard InChI is InChI=1S/C26H27ClF2N6O2/c1-16-20-12-9-18(13-23(20)35(33-16)15-21-22(27)5-4-6-24(21)37-3)26(28,29)25(32-30)34(31)14-17-7-10-19(36-2)11-8-17/h4-13H,14-15,30-31H2,1-3H3/b32-25-. The lowest BCUT2D eigenvalue weighted by Gasteiger charge is -2.26. The van der Waals surface area contributed by atoms with Gasteiger partial charge in [-0.05, 0) is 42.8 Å². The number of ether oxygens (including phenoxy) is 2. The third kappa shape index (κ3) is 5.16. The third-order valence-electron chi connectivity index (χ3n) is 6.09. The van der Waals surface area contributed by atoms with E-state index in [9.17, 15) is 0 Å². The maximum Gasteiger partial charge on any atom is 0.332 e. The fourth-order valence-corrected chi connectivity index (χ4v) is 4.38. The van der Waals surface area contributed by atoms with Gasteiger partial charge in [-0.3, -0.25) is 9.69 Å². The molecule has 0 amide bonds. The molecule has 4 rings (SSSR count). The quantitative estimate of drug-likeness (QED) is 0.147. The average Bonchev–Trinajstić information content (AvgIpc) is 3.20. The molecule has 11 heteroatoms. The van der Waals surface area contributed by atoms with Crippen LogP contribution in [0.1, 0.15) is 22.4 Å². The number of methoxy groups -OCH3 is 2. The lowest BCUT2D eigenvalue weighted by atomic mass is 10.0. The van der Waals surface area contributed by atoms with Crippen molar-refractivity contribution in [3.8, 4) is 11.5 Å². The summed E-state index contributed by atoms with van der Waals surface area (Å²) < 4.78 is 43.7. The van der Waals surface area contributed by atoms with Gasteiger partial charge in [-0.2, -0.15) is 19.0 Å². The van der Waals surface area contributed by atoms with Crippen LogP contribution in [-0.2, 0) is 19.0 Å². The number of rotatable bonds is 8. The largest absolute Gasteiger partial charge is 0.497 e. The van der Waals surface area contributed by atoms with Crippen LogP contribution >= 0.6 is 11.6 Å². The van der Waals surface area contributed by atoms with E-state index in [1.165, 1.54) is 12.1 Å². The Bertz CT molecular complexity index is 1440. The van der Waals surface area contributed by atoms with Crippen molar-refractivity contribution in [2.24, 2.45) is 16.8 Å². The van der Waals surface area contributed by atoms with Gasteiger partial charge in [0.2, 0.25) is 5.84 Å². The number of hydrogen-bond donors (Lipinski definition) is 2. The Kier molecular flexibility index (Phi) is 7.51. The van der Waals surface area contributed by atoms with Gasteiger partial charge in [0.15, 0.2) is 0 Å². The number of hydrogen-bond acceptors (Lipinski definition) is 6. The minimum atomic E-state index is -3.59. The fourth-order valence-electron chi connectivity index (χ4n) is 4.16. The second-order valence-electron chi connectivity index (χ2n) is 8.40. The molecule has 0 aliphatic carbocycles. The van der Waals surface area contributed by atoms with E-state index in [1.54, 1.807) is 67.4 Å². The molecule has 0 saturated carbocycles. The summed E-state index contributed by atoms with van der Waals surface area (Å²) in [6.07, 6.45) is 0. The number of nitrogens with zero attached hydrogens (tertiary/aromatic N) is 4. The van der Waals surface area contributed by atoms with Crippen molar-refractivity contribution in [1.82, 2.24) is 14.8 Å². The number of fused-ring (bicyclic) bond motifs is 1. The van der Waals surface area contributed by atoms with Gasteiger partial charge in [0.25, 0.3) is 0 Å². The van der Waals surface area contributed by atoms with Crippen LogP contribution in [0.3, 0.4) is 0 Å². The molecule has 37 heavy (non-hydrogen) atoms. The number of alkyl halides is 2. The minimum Gasteiger partial charge on any atom is -0.497 e.